The largest absolute Gasteiger partial charge is 0.391 e. The van der Waals surface area contributed by atoms with E-state index in [-0.39, 0.29) is 29.1 Å². The highest BCUT2D eigenvalue weighted by Gasteiger charge is 2.29. The van der Waals surface area contributed by atoms with E-state index in [9.17, 15) is 20.0 Å². The van der Waals surface area contributed by atoms with Crippen LogP contribution in [-0.2, 0) is 11.4 Å². The lowest BCUT2D eigenvalue weighted by Gasteiger charge is -2.38. The molecule has 0 aliphatic carbocycles. The topological polar surface area (TPSA) is 110 Å². The number of aliphatic hydroxyl groups excluding tert-OH is 1. The van der Waals surface area contributed by atoms with E-state index in [0.29, 0.717) is 6.54 Å². The molecule has 1 amide bonds. The predicted octanol–water partition coefficient (Wildman–Crippen LogP) is 1.18. The Labute approximate surface area is 122 Å². The molecular formula is C14H19N3O4. The molecule has 1 aliphatic rings. The molecule has 1 aromatic carbocycles. The lowest BCUT2D eigenvalue weighted by Crippen LogP contribution is -2.45. The summed E-state index contributed by atoms with van der Waals surface area (Å²) in [6, 6.07) is 4.87. The van der Waals surface area contributed by atoms with Crippen LogP contribution in [-0.4, -0.2) is 28.5 Å². The normalized spacial score (nSPS) is 22.1. The van der Waals surface area contributed by atoms with E-state index in [1.54, 1.807) is 12.1 Å². The minimum absolute atomic E-state index is 0.0997. The van der Waals surface area contributed by atoms with E-state index in [1.807, 2.05) is 11.8 Å². The number of aliphatic hydroxyl groups is 1. The molecule has 3 N–H and O–H groups in total. The molecule has 1 heterocycles. The number of nitrogens with two attached hydrogens (primary N) is 1. The van der Waals surface area contributed by atoms with E-state index < -0.39 is 11.5 Å². The maximum atomic E-state index is 11.4. The smallest absolute Gasteiger partial charge is 0.275 e. The Morgan fingerprint density at radius 2 is 2.24 bits per heavy atom. The Balaban J connectivity index is 2.31. The highest BCUT2D eigenvalue weighted by Crippen LogP contribution is 2.31. The van der Waals surface area contributed by atoms with Crippen molar-refractivity contribution in [1.29, 1.82) is 0 Å². The molecule has 2 atom stereocenters. The fourth-order valence-electron chi connectivity index (χ4n) is 2.75. The molecule has 2 unspecified atom stereocenters. The zero-order valence-corrected chi connectivity index (χ0v) is 11.9. The van der Waals surface area contributed by atoms with Crippen molar-refractivity contribution in [3.63, 3.8) is 0 Å². The van der Waals surface area contributed by atoms with E-state index in [0.717, 1.165) is 18.5 Å². The molecule has 1 aliphatic heterocycles. The number of nitrogens with zero attached hydrogens (tertiary/aromatic N) is 2. The number of anilines is 1. The number of benzene rings is 1. The van der Waals surface area contributed by atoms with Gasteiger partial charge in [0, 0.05) is 24.3 Å². The average molecular weight is 293 g/mol. The maximum Gasteiger partial charge on any atom is 0.275 e. The predicted molar refractivity (Wildman–Crippen MR) is 77.7 cm³/mol. The molecule has 1 saturated heterocycles. The lowest BCUT2D eigenvalue weighted by atomic mass is 9.92. The Hall–Kier alpha value is -2.15. The number of carbonyl (C=O) groups excluding carboxylic acids is 1. The van der Waals surface area contributed by atoms with E-state index in [4.69, 9.17) is 5.73 Å². The molecule has 7 nitrogen and oxygen atoms in total. The van der Waals surface area contributed by atoms with Crippen LogP contribution < -0.4 is 10.6 Å². The van der Waals surface area contributed by atoms with Gasteiger partial charge in [-0.1, -0.05) is 0 Å². The molecule has 1 aromatic rings. The van der Waals surface area contributed by atoms with Gasteiger partial charge in [-0.3, -0.25) is 14.9 Å². The summed E-state index contributed by atoms with van der Waals surface area (Å²) in [5.41, 5.74) is 6.31. The molecule has 114 valence electrons. The number of nitro groups is 1. The van der Waals surface area contributed by atoms with Crippen LogP contribution in [0, 0.1) is 16.0 Å². The third kappa shape index (κ3) is 3.13. The van der Waals surface area contributed by atoms with Crippen molar-refractivity contribution < 1.29 is 14.8 Å². The summed E-state index contributed by atoms with van der Waals surface area (Å²) in [5, 5.41) is 20.2. The van der Waals surface area contributed by atoms with E-state index in [2.05, 4.69) is 0 Å². The molecule has 7 heteroatoms. The number of hydrogen-bond donors (Lipinski definition) is 2. The fourth-order valence-corrected chi connectivity index (χ4v) is 2.75. The van der Waals surface area contributed by atoms with Crippen molar-refractivity contribution >= 4 is 17.3 Å². The van der Waals surface area contributed by atoms with Gasteiger partial charge in [0.2, 0.25) is 5.91 Å². The number of rotatable bonds is 4. The third-order valence-corrected chi connectivity index (χ3v) is 4.05. The van der Waals surface area contributed by atoms with Crippen molar-refractivity contribution in [3.05, 3.63) is 33.9 Å². The van der Waals surface area contributed by atoms with Crippen LogP contribution in [0.2, 0.25) is 0 Å². The second kappa shape index (κ2) is 6.09. The van der Waals surface area contributed by atoms with Crippen LogP contribution in [0.4, 0.5) is 11.4 Å². The van der Waals surface area contributed by atoms with Gasteiger partial charge in [-0.15, -0.1) is 0 Å². The van der Waals surface area contributed by atoms with Gasteiger partial charge in [0.1, 0.15) is 0 Å². The second-order valence-corrected chi connectivity index (χ2v) is 5.41. The van der Waals surface area contributed by atoms with Crippen molar-refractivity contribution in [1.82, 2.24) is 0 Å². The molecule has 21 heavy (non-hydrogen) atoms. The first-order chi connectivity index (χ1) is 9.93. The monoisotopic (exact) mass is 293 g/mol. The van der Waals surface area contributed by atoms with Crippen LogP contribution >= 0.6 is 0 Å². The number of amides is 1. The SMILES string of the molecule is CC1CCC(C(N)=O)CN1c1ccc([N+](=O)[O-])c(CO)c1. The average Bonchev–Trinajstić information content (AvgIpc) is 2.46. The Kier molecular flexibility index (Phi) is 4.42. The van der Waals surface area contributed by atoms with Gasteiger partial charge in [-0.05, 0) is 31.9 Å². The number of hydrogen-bond acceptors (Lipinski definition) is 5. The number of primary amides is 1. The highest BCUT2D eigenvalue weighted by molar-refractivity contribution is 5.77. The first-order valence-corrected chi connectivity index (χ1v) is 6.88. The fraction of sp³-hybridized carbons (Fsp3) is 0.500. The van der Waals surface area contributed by atoms with Crippen molar-refractivity contribution in [2.75, 3.05) is 11.4 Å². The Morgan fingerprint density at radius 1 is 1.52 bits per heavy atom. The Morgan fingerprint density at radius 3 is 2.81 bits per heavy atom. The highest BCUT2D eigenvalue weighted by atomic mass is 16.6. The number of nitro benzene ring substituents is 1. The molecule has 0 aromatic heterocycles. The standard InChI is InChI=1S/C14H19N3O4/c1-9-2-3-10(14(15)19)7-16(9)12-4-5-13(17(20)21)11(6-12)8-18/h4-6,9-10,18H,2-3,7-8H2,1H3,(H2,15,19). The zero-order chi connectivity index (χ0) is 15.6. The summed E-state index contributed by atoms with van der Waals surface area (Å²) in [5.74, 6) is -0.537. The molecule has 0 saturated carbocycles. The van der Waals surface area contributed by atoms with Crippen LogP contribution in [0.15, 0.2) is 18.2 Å². The van der Waals surface area contributed by atoms with Gasteiger partial charge in [0.05, 0.1) is 23.0 Å². The van der Waals surface area contributed by atoms with Gasteiger partial charge in [-0.2, -0.15) is 0 Å². The quantitative estimate of drug-likeness (QED) is 0.639. The van der Waals surface area contributed by atoms with Gasteiger partial charge >= 0.3 is 0 Å². The summed E-state index contributed by atoms with van der Waals surface area (Å²) in [7, 11) is 0. The molecule has 0 radical (unpaired) electrons. The Bertz CT molecular complexity index is 561. The molecule has 0 spiro atoms. The first-order valence-electron chi connectivity index (χ1n) is 6.88. The van der Waals surface area contributed by atoms with Gasteiger partial charge < -0.3 is 15.7 Å². The van der Waals surface area contributed by atoms with Crippen molar-refractivity contribution in [3.8, 4) is 0 Å². The van der Waals surface area contributed by atoms with Crippen LogP contribution in [0.3, 0.4) is 0 Å². The summed E-state index contributed by atoms with van der Waals surface area (Å²) in [6.07, 6.45) is 1.59. The summed E-state index contributed by atoms with van der Waals surface area (Å²) in [6.45, 7) is 2.14. The first kappa shape index (κ1) is 15.2. The van der Waals surface area contributed by atoms with Crippen LogP contribution in [0.5, 0.6) is 0 Å². The van der Waals surface area contributed by atoms with Crippen LogP contribution in [0.25, 0.3) is 0 Å². The molecule has 1 fully saturated rings. The van der Waals surface area contributed by atoms with Crippen LogP contribution in [0.1, 0.15) is 25.3 Å². The summed E-state index contributed by atoms with van der Waals surface area (Å²) >= 11 is 0. The van der Waals surface area contributed by atoms with Gasteiger partial charge in [0.25, 0.3) is 5.69 Å². The maximum absolute atomic E-state index is 11.4. The summed E-state index contributed by atoms with van der Waals surface area (Å²) in [4.78, 5) is 23.8. The second-order valence-electron chi connectivity index (χ2n) is 5.41. The van der Waals surface area contributed by atoms with Gasteiger partial charge in [0.15, 0.2) is 0 Å². The van der Waals surface area contributed by atoms with E-state index >= 15 is 0 Å². The van der Waals surface area contributed by atoms with Gasteiger partial charge in [-0.25, -0.2) is 0 Å². The molecule has 2 rings (SSSR count). The third-order valence-electron chi connectivity index (χ3n) is 4.05. The minimum atomic E-state index is -0.513. The molecular weight excluding hydrogens is 274 g/mol. The summed E-state index contributed by atoms with van der Waals surface area (Å²) < 4.78 is 0. The zero-order valence-electron chi connectivity index (χ0n) is 11.9. The molecule has 0 bridgehead atoms. The van der Waals surface area contributed by atoms with Crippen molar-refractivity contribution in [2.24, 2.45) is 11.7 Å². The number of carbonyl (C=O) groups is 1. The number of piperidine rings is 1. The van der Waals surface area contributed by atoms with E-state index in [1.165, 1.54) is 6.07 Å². The lowest BCUT2D eigenvalue weighted by molar-refractivity contribution is -0.385. The minimum Gasteiger partial charge on any atom is -0.391 e. The van der Waals surface area contributed by atoms with Crippen molar-refractivity contribution in [2.45, 2.75) is 32.4 Å².